The molecule has 0 aliphatic heterocycles. The summed E-state index contributed by atoms with van der Waals surface area (Å²) in [6.07, 6.45) is -0.0601. The van der Waals surface area contributed by atoms with Crippen LogP contribution in [0.15, 0.2) is 0 Å². The molecule has 0 saturated heterocycles. The summed E-state index contributed by atoms with van der Waals surface area (Å²) in [5, 5.41) is 10.1. The van der Waals surface area contributed by atoms with E-state index >= 15 is 0 Å². The Morgan fingerprint density at radius 3 is 2.18 bits per heavy atom. The van der Waals surface area contributed by atoms with Crippen molar-refractivity contribution in [2.75, 3.05) is 11.2 Å². The summed E-state index contributed by atoms with van der Waals surface area (Å²) in [6, 6.07) is 0. The molecule has 0 aromatic heterocycles. The van der Waals surface area contributed by atoms with Gasteiger partial charge in [0.05, 0.1) is 20.7 Å². The van der Waals surface area contributed by atoms with E-state index in [0.717, 1.165) is 0 Å². The summed E-state index contributed by atoms with van der Waals surface area (Å²) < 4.78 is -0.353. The fourth-order valence-electron chi connectivity index (χ4n) is 1.10. The van der Waals surface area contributed by atoms with Gasteiger partial charge in [-0.3, -0.25) is 0 Å². The zero-order valence-electron chi connectivity index (χ0n) is 9.57. The van der Waals surface area contributed by atoms with Crippen LogP contribution in [-0.2, 0) is 0 Å². The van der Waals surface area contributed by atoms with E-state index < -0.39 is 11.0 Å². The molecule has 0 fully saturated rings. The maximum Gasteiger partial charge on any atom is 0.0836 e. The molecule has 0 bridgehead atoms. The maximum atomic E-state index is 9.84. The fraction of sp³-hybridized carbons (Fsp3) is 1.00. The first-order valence-electron chi connectivity index (χ1n) is 5.05. The summed E-state index contributed by atoms with van der Waals surface area (Å²) in [4.78, 5) is -0.904. The van der Waals surface area contributed by atoms with Crippen molar-refractivity contribution in [3.05, 3.63) is 0 Å². The van der Waals surface area contributed by atoms with Gasteiger partial charge in [0, 0.05) is 16.0 Å². The molecule has 0 spiro atoms. The highest BCUT2D eigenvalue weighted by Gasteiger charge is 2.40. The molecule has 5 atom stereocenters. The zero-order valence-corrected chi connectivity index (χ0v) is 16.6. The van der Waals surface area contributed by atoms with E-state index in [9.17, 15) is 5.11 Å². The largest absolute Gasteiger partial charge is 0.390 e. The minimum absolute atomic E-state index is 0.119. The lowest BCUT2D eigenvalue weighted by atomic mass is 9.94. The lowest BCUT2D eigenvalue weighted by Gasteiger charge is -2.35. The van der Waals surface area contributed by atoms with Gasteiger partial charge in [-0.1, -0.05) is 47.8 Å². The average molecular weight is 498 g/mol. The first kappa shape index (κ1) is 19.3. The van der Waals surface area contributed by atoms with E-state index in [1.807, 2.05) is 6.92 Å². The van der Waals surface area contributed by atoms with Crippen molar-refractivity contribution in [1.82, 2.24) is 0 Å². The topological polar surface area (TPSA) is 20.2 Å². The second-order valence-corrected chi connectivity index (χ2v) is 9.58. The molecule has 104 valence electrons. The molecule has 0 aromatic rings. The van der Waals surface area contributed by atoms with Crippen molar-refractivity contribution in [3.8, 4) is 0 Å². The molecular formula is C10H16Br3Cl3O. The highest BCUT2D eigenvalue weighted by molar-refractivity contribution is 9.10. The van der Waals surface area contributed by atoms with Gasteiger partial charge in [0.1, 0.15) is 0 Å². The second-order valence-electron chi connectivity index (χ2n) is 4.40. The SMILES string of the molecule is CC(Cl)(C(O)CBr)C(Br)C[C@@H](Cl)[C@@](C)(Br)CCl. The number of halogens is 6. The van der Waals surface area contributed by atoms with Crippen LogP contribution in [-0.4, -0.2) is 41.8 Å². The van der Waals surface area contributed by atoms with Crippen LogP contribution in [0.5, 0.6) is 0 Å². The maximum absolute atomic E-state index is 9.84. The van der Waals surface area contributed by atoms with Crippen LogP contribution >= 0.6 is 82.6 Å². The molecule has 1 N–H and O–H groups in total. The van der Waals surface area contributed by atoms with Crippen molar-refractivity contribution in [2.45, 2.75) is 45.8 Å². The van der Waals surface area contributed by atoms with Crippen LogP contribution in [0.4, 0.5) is 0 Å². The quantitative estimate of drug-likeness (QED) is 0.496. The van der Waals surface area contributed by atoms with Crippen LogP contribution < -0.4 is 0 Å². The van der Waals surface area contributed by atoms with E-state index in [4.69, 9.17) is 34.8 Å². The molecule has 0 rings (SSSR count). The van der Waals surface area contributed by atoms with Crippen molar-refractivity contribution in [2.24, 2.45) is 0 Å². The van der Waals surface area contributed by atoms with Gasteiger partial charge in [0.25, 0.3) is 0 Å². The number of hydrogen-bond donors (Lipinski definition) is 1. The highest BCUT2D eigenvalue weighted by atomic mass is 79.9. The van der Waals surface area contributed by atoms with Gasteiger partial charge in [0.15, 0.2) is 0 Å². The van der Waals surface area contributed by atoms with Crippen molar-refractivity contribution in [3.63, 3.8) is 0 Å². The minimum atomic E-state index is -0.786. The molecule has 0 aliphatic rings. The first-order chi connectivity index (χ1) is 7.59. The Morgan fingerprint density at radius 1 is 1.35 bits per heavy atom. The Kier molecular flexibility index (Phi) is 8.95. The van der Waals surface area contributed by atoms with E-state index in [1.165, 1.54) is 0 Å². The zero-order chi connectivity index (χ0) is 13.9. The van der Waals surface area contributed by atoms with E-state index in [1.54, 1.807) is 6.92 Å². The molecule has 0 amide bonds. The lowest BCUT2D eigenvalue weighted by Crippen LogP contribution is -2.45. The van der Waals surface area contributed by atoms with Crippen molar-refractivity contribution >= 4 is 82.6 Å². The highest BCUT2D eigenvalue weighted by Crippen LogP contribution is 2.38. The van der Waals surface area contributed by atoms with E-state index in [2.05, 4.69) is 47.8 Å². The number of hydrogen-bond acceptors (Lipinski definition) is 1. The third kappa shape index (κ3) is 5.65. The van der Waals surface area contributed by atoms with Crippen LogP contribution in [0.3, 0.4) is 0 Å². The Hall–Kier alpha value is 2.27. The molecular weight excluding hydrogens is 482 g/mol. The third-order valence-corrected chi connectivity index (χ3v) is 8.09. The average Bonchev–Trinajstić information content (AvgIpc) is 2.27. The molecule has 1 nitrogen and oxygen atoms in total. The van der Waals surface area contributed by atoms with Crippen LogP contribution in [0.25, 0.3) is 0 Å². The van der Waals surface area contributed by atoms with Gasteiger partial charge in [0.2, 0.25) is 0 Å². The van der Waals surface area contributed by atoms with Gasteiger partial charge in [-0.2, -0.15) is 0 Å². The first-order valence-corrected chi connectivity index (χ1v) is 9.23. The summed E-state index contributed by atoms with van der Waals surface area (Å²) in [7, 11) is 0. The summed E-state index contributed by atoms with van der Waals surface area (Å²) >= 11 is 28.7. The molecule has 3 unspecified atom stereocenters. The van der Waals surface area contributed by atoms with Crippen molar-refractivity contribution < 1.29 is 5.11 Å². The molecule has 17 heavy (non-hydrogen) atoms. The predicted octanol–water partition coefficient (Wildman–Crippen LogP) is 4.89. The van der Waals surface area contributed by atoms with Gasteiger partial charge in [-0.15, -0.1) is 34.8 Å². The smallest absolute Gasteiger partial charge is 0.0836 e. The number of rotatable bonds is 7. The second kappa shape index (κ2) is 7.90. The number of aliphatic hydroxyl groups is 1. The standard InChI is InChI=1S/C10H16Br3Cl3O/c1-9(13,5-14)7(15)3-6(12)10(2,16)8(17)4-11/h6-8,17H,3-5H2,1-2H3/t6?,7-,8?,9+,10?/m1/s1. The third-order valence-electron chi connectivity index (χ3n) is 2.74. The molecule has 0 heterocycles. The van der Waals surface area contributed by atoms with Crippen molar-refractivity contribution in [1.29, 1.82) is 0 Å². The Bertz CT molecular complexity index is 239. The Balaban J connectivity index is 4.59. The van der Waals surface area contributed by atoms with Crippen LogP contribution in [0, 0.1) is 0 Å². The molecule has 0 aromatic carbocycles. The predicted molar refractivity (Wildman–Crippen MR) is 89.1 cm³/mol. The van der Waals surface area contributed by atoms with Gasteiger partial charge in [-0.05, 0) is 20.3 Å². The number of alkyl halides is 6. The van der Waals surface area contributed by atoms with Crippen LogP contribution in [0.1, 0.15) is 20.3 Å². The van der Waals surface area contributed by atoms with Gasteiger partial charge >= 0.3 is 0 Å². The molecule has 0 aliphatic carbocycles. The van der Waals surface area contributed by atoms with E-state index in [0.29, 0.717) is 17.6 Å². The fourth-order valence-corrected chi connectivity index (χ4v) is 3.73. The summed E-state index contributed by atoms with van der Waals surface area (Å²) in [6.45, 7) is 3.72. The monoisotopic (exact) mass is 494 g/mol. The molecule has 0 radical (unpaired) electrons. The molecule has 0 saturated carbocycles. The summed E-state index contributed by atoms with van der Waals surface area (Å²) in [5.41, 5.74) is 0. The Morgan fingerprint density at radius 2 is 1.82 bits per heavy atom. The lowest BCUT2D eigenvalue weighted by molar-refractivity contribution is 0.153. The summed E-state index contributed by atoms with van der Waals surface area (Å²) in [5.74, 6) is 0.404. The molecule has 7 heteroatoms. The van der Waals surface area contributed by atoms with Gasteiger partial charge in [-0.25, -0.2) is 0 Å². The van der Waals surface area contributed by atoms with E-state index in [-0.39, 0.29) is 14.5 Å². The normalized spacial score (nSPS) is 24.5. The number of aliphatic hydroxyl groups excluding tert-OH is 1. The minimum Gasteiger partial charge on any atom is -0.390 e. The Labute approximate surface area is 143 Å². The van der Waals surface area contributed by atoms with Gasteiger partial charge < -0.3 is 5.11 Å². The van der Waals surface area contributed by atoms with Crippen LogP contribution in [0.2, 0.25) is 0 Å².